The Morgan fingerprint density at radius 3 is 2.54 bits per heavy atom. The fourth-order valence-electron chi connectivity index (χ4n) is 1.38. The van der Waals surface area contributed by atoms with E-state index < -0.39 is 5.97 Å². The Morgan fingerprint density at radius 2 is 2.15 bits per heavy atom. The molecule has 3 nitrogen and oxygen atoms in total. The Morgan fingerprint density at radius 1 is 1.62 bits per heavy atom. The molecule has 74 valence electrons. The van der Waals surface area contributed by atoms with Crippen molar-refractivity contribution < 1.29 is 14.6 Å². The Balaban J connectivity index is 2.24. The van der Waals surface area contributed by atoms with Crippen LogP contribution in [0.5, 0.6) is 0 Å². The molecule has 0 aromatic heterocycles. The van der Waals surface area contributed by atoms with Crippen molar-refractivity contribution in [1.29, 1.82) is 0 Å². The molecule has 0 aliphatic carbocycles. The third kappa shape index (κ3) is 3.19. The van der Waals surface area contributed by atoms with Crippen LogP contribution >= 0.6 is 0 Å². The minimum absolute atomic E-state index is 0.0174. The van der Waals surface area contributed by atoms with E-state index in [4.69, 9.17) is 9.84 Å². The number of hydrogen-bond acceptors (Lipinski definition) is 2. The Labute approximate surface area is 78.4 Å². The normalized spacial score (nSPS) is 25.8. The highest BCUT2D eigenvalue weighted by atomic mass is 16.6. The van der Waals surface area contributed by atoms with E-state index in [0.29, 0.717) is 6.10 Å². The molecule has 0 aromatic rings. The quantitative estimate of drug-likeness (QED) is 0.537. The summed E-state index contributed by atoms with van der Waals surface area (Å²) in [5.41, 5.74) is 0.919. The number of carboxylic acid groups (broad SMARTS) is 1. The average Bonchev–Trinajstić information content (AvgIpc) is 2.53. The molecule has 1 aliphatic heterocycles. The third-order valence-electron chi connectivity index (χ3n) is 2.33. The molecule has 1 unspecified atom stereocenters. The van der Waals surface area contributed by atoms with Gasteiger partial charge in [0.25, 0.3) is 0 Å². The van der Waals surface area contributed by atoms with Crippen molar-refractivity contribution in [3.05, 3.63) is 11.6 Å². The van der Waals surface area contributed by atoms with Crippen molar-refractivity contribution in [3.8, 4) is 0 Å². The fourth-order valence-corrected chi connectivity index (χ4v) is 1.38. The van der Waals surface area contributed by atoms with E-state index in [0.717, 1.165) is 18.4 Å². The second-order valence-electron chi connectivity index (χ2n) is 4.08. The molecule has 1 N–H and O–H groups in total. The van der Waals surface area contributed by atoms with E-state index in [-0.39, 0.29) is 5.60 Å². The zero-order chi connectivity index (χ0) is 10.1. The maximum atomic E-state index is 10.3. The third-order valence-corrected chi connectivity index (χ3v) is 2.33. The molecule has 1 saturated heterocycles. The second-order valence-corrected chi connectivity index (χ2v) is 4.08. The van der Waals surface area contributed by atoms with E-state index in [1.165, 1.54) is 6.08 Å². The van der Waals surface area contributed by atoms with Gasteiger partial charge in [0.1, 0.15) is 0 Å². The highest BCUT2D eigenvalue weighted by molar-refractivity contribution is 5.80. The van der Waals surface area contributed by atoms with Gasteiger partial charge in [-0.1, -0.05) is 5.57 Å². The highest BCUT2D eigenvalue weighted by Crippen LogP contribution is 2.38. The number of epoxide rings is 1. The van der Waals surface area contributed by atoms with Gasteiger partial charge in [0, 0.05) is 6.08 Å². The molecular formula is C10H16O3. The van der Waals surface area contributed by atoms with E-state index in [1.807, 2.05) is 20.8 Å². The first-order chi connectivity index (χ1) is 5.92. The van der Waals surface area contributed by atoms with Crippen molar-refractivity contribution in [1.82, 2.24) is 0 Å². The summed E-state index contributed by atoms with van der Waals surface area (Å²) < 4.78 is 5.39. The van der Waals surface area contributed by atoms with Crippen LogP contribution in [0, 0.1) is 0 Å². The van der Waals surface area contributed by atoms with E-state index >= 15 is 0 Å². The molecule has 1 atom stereocenters. The van der Waals surface area contributed by atoms with Crippen molar-refractivity contribution in [2.75, 3.05) is 0 Å². The van der Waals surface area contributed by atoms with Crippen LogP contribution in [0.25, 0.3) is 0 Å². The highest BCUT2D eigenvalue weighted by Gasteiger charge is 2.46. The number of carboxylic acids is 1. The number of allylic oxidation sites excluding steroid dienone is 1. The number of rotatable bonds is 4. The summed E-state index contributed by atoms with van der Waals surface area (Å²) >= 11 is 0. The molecule has 0 amide bonds. The van der Waals surface area contributed by atoms with Gasteiger partial charge in [0.15, 0.2) is 0 Å². The van der Waals surface area contributed by atoms with Crippen LogP contribution < -0.4 is 0 Å². The summed E-state index contributed by atoms with van der Waals surface area (Å²) in [6.45, 7) is 5.94. The monoisotopic (exact) mass is 184 g/mol. The average molecular weight is 184 g/mol. The number of carbonyl (C=O) groups is 1. The Bertz CT molecular complexity index is 241. The lowest BCUT2D eigenvalue weighted by Gasteiger charge is -1.98. The summed E-state index contributed by atoms with van der Waals surface area (Å²) in [7, 11) is 0. The minimum Gasteiger partial charge on any atom is -0.478 e. The van der Waals surface area contributed by atoms with Crippen LogP contribution in [0.2, 0.25) is 0 Å². The van der Waals surface area contributed by atoms with Crippen molar-refractivity contribution in [3.63, 3.8) is 0 Å². The van der Waals surface area contributed by atoms with Gasteiger partial charge in [-0.05, 0) is 33.6 Å². The van der Waals surface area contributed by atoms with Crippen molar-refractivity contribution >= 4 is 5.97 Å². The summed E-state index contributed by atoms with van der Waals surface area (Å²) in [4.78, 5) is 10.3. The molecule has 0 aromatic carbocycles. The summed E-state index contributed by atoms with van der Waals surface area (Å²) in [5.74, 6) is -0.867. The number of hydrogen-bond donors (Lipinski definition) is 1. The van der Waals surface area contributed by atoms with Gasteiger partial charge in [-0.3, -0.25) is 0 Å². The van der Waals surface area contributed by atoms with E-state index in [1.54, 1.807) is 0 Å². The van der Waals surface area contributed by atoms with Gasteiger partial charge < -0.3 is 9.84 Å². The standard InChI is InChI=1S/C10H16O3/c1-7(6-9(11)12)4-5-8-10(2,3)13-8/h6,8H,4-5H2,1-3H3,(H,11,12)/b7-6+. The number of aliphatic carboxylic acids is 1. The molecule has 0 radical (unpaired) electrons. The van der Waals surface area contributed by atoms with Gasteiger partial charge in [-0.2, -0.15) is 0 Å². The molecule has 0 spiro atoms. The molecule has 1 rings (SSSR count). The minimum atomic E-state index is -0.867. The molecule has 1 heterocycles. The van der Waals surface area contributed by atoms with Gasteiger partial charge in [0.2, 0.25) is 0 Å². The van der Waals surface area contributed by atoms with Crippen LogP contribution in [-0.2, 0) is 9.53 Å². The molecule has 0 bridgehead atoms. The summed E-state index contributed by atoms with van der Waals surface area (Å²) in [5, 5.41) is 8.46. The first kappa shape index (κ1) is 10.3. The van der Waals surface area contributed by atoms with Crippen LogP contribution in [0.3, 0.4) is 0 Å². The van der Waals surface area contributed by atoms with E-state index in [2.05, 4.69) is 0 Å². The summed E-state index contributed by atoms with van der Waals surface area (Å²) in [6, 6.07) is 0. The van der Waals surface area contributed by atoms with Gasteiger partial charge in [-0.15, -0.1) is 0 Å². The molecule has 13 heavy (non-hydrogen) atoms. The fraction of sp³-hybridized carbons (Fsp3) is 0.700. The Hall–Kier alpha value is -0.830. The lowest BCUT2D eigenvalue weighted by molar-refractivity contribution is -0.131. The topological polar surface area (TPSA) is 49.8 Å². The van der Waals surface area contributed by atoms with Gasteiger partial charge in [0.05, 0.1) is 11.7 Å². The first-order valence-corrected chi connectivity index (χ1v) is 4.50. The molecule has 1 fully saturated rings. The predicted molar refractivity (Wildman–Crippen MR) is 49.6 cm³/mol. The summed E-state index contributed by atoms with van der Waals surface area (Å²) in [6.07, 6.45) is 3.29. The van der Waals surface area contributed by atoms with Crippen LogP contribution in [0.1, 0.15) is 33.6 Å². The molecule has 1 aliphatic rings. The Kier molecular flexibility index (Phi) is 2.76. The van der Waals surface area contributed by atoms with Crippen LogP contribution in [0.4, 0.5) is 0 Å². The maximum absolute atomic E-state index is 10.3. The molecule has 0 saturated carbocycles. The number of ether oxygens (including phenoxy) is 1. The molecular weight excluding hydrogens is 168 g/mol. The molecule has 3 heteroatoms. The van der Waals surface area contributed by atoms with Gasteiger partial charge in [-0.25, -0.2) is 4.79 Å². The second kappa shape index (κ2) is 3.50. The maximum Gasteiger partial charge on any atom is 0.328 e. The largest absolute Gasteiger partial charge is 0.478 e. The van der Waals surface area contributed by atoms with Gasteiger partial charge >= 0.3 is 5.97 Å². The zero-order valence-electron chi connectivity index (χ0n) is 8.33. The predicted octanol–water partition coefficient (Wildman–Crippen LogP) is 1.97. The van der Waals surface area contributed by atoms with Crippen molar-refractivity contribution in [2.45, 2.75) is 45.3 Å². The van der Waals surface area contributed by atoms with Crippen LogP contribution in [-0.4, -0.2) is 22.8 Å². The first-order valence-electron chi connectivity index (χ1n) is 4.50. The lowest BCUT2D eigenvalue weighted by atomic mass is 10.0. The zero-order valence-corrected chi connectivity index (χ0v) is 8.33. The smallest absolute Gasteiger partial charge is 0.328 e. The SMILES string of the molecule is C/C(=C\C(=O)O)CCC1OC1(C)C. The van der Waals surface area contributed by atoms with Crippen LogP contribution in [0.15, 0.2) is 11.6 Å². The van der Waals surface area contributed by atoms with E-state index in [9.17, 15) is 4.79 Å². The van der Waals surface area contributed by atoms with Crippen molar-refractivity contribution in [2.24, 2.45) is 0 Å². The lowest BCUT2D eigenvalue weighted by Crippen LogP contribution is -2.02.